The Labute approximate surface area is 213 Å². The molecule has 0 radical (unpaired) electrons. The molecule has 1 atom stereocenters. The van der Waals surface area contributed by atoms with E-state index in [0.717, 1.165) is 56.9 Å². The van der Waals surface area contributed by atoms with Gasteiger partial charge in [0.05, 0.1) is 5.69 Å². The van der Waals surface area contributed by atoms with E-state index in [1.807, 2.05) is 6.92 Å². The van der Waals surface area contributed by atoms with Crippen molar-refractivity contribution in [3.63, 3.8) is 0 Å². The van der Waals surface area contributed by atoms with Crippen LogP contribution in [0, 0.1) is 12.3 Å². The zero-order valence-electron chi connectivity index (χ0n) is 21.2. The van der Waals surface area contributed by atoms with Gasteiger partial charge >= 0.3 is 0 Å². The maximum absolute atomic E-state index is 11.5. The fourth-order valence-corrected chi connectivity index (χ4v) is 5.33. The average molecular weight is 482 g/mol. The van der Waals surface area contributed by atoms with Gasteiger partial charge in [-0.3, -0.25) is 9.69 Å². The van der Waals surface area contributed by atoms with Crippen molar-refractivity contribution in [3.05, 3.63) is 101 Å². The lowest BCUT2D eigenvalue weighted by atomic mass is 9.74. The second-order valence-electron chi connectivity index (χ2n) is 10.3. The van der Waals surface area contributed by atoms with Gasteiger partial charge in [-0.15, -0.1) is 0 Å². The Morgan fingerprint density at radius 1 is 1.03 bits per heavy atom. The minimum absolute atomic E-state index is 0.0520. The second kappa shape index (κ2) is 10.2. The van der Waals surface area contributed by atoms with Gasteiger partial charge < -0.3 is 10.6 Å². The van der Waals surface area contributed by atoms with Crippen molar-refractivity contribution >= 4 is 11.5 Å². The van der Waals surface area contributed by atoms with E-state index in [9.17, 15) is 4.79 Å². The highest BCUT2D eigenvalue weighted by atomic mass is 16.1. The summed E-state index contributed by atoms with van der Waals surface area (Å²) in [7, 11) is 2.21. The van der Waals surface area contributed by atoms with Crippen LogP contribution in [0.5, 0.6) is 0 Å². The molecule has 1 aromatic heterocycles. The van der Waals surface area contributed by atoms with Gasteiger partial charge in [-0.25, -0.2) is 4.68 Å². The van der Waals surface area contributed by atoms with E-state index in [1.54, 1.807) is 10.7 Å². The summed E-state index contributed by atoms with van der Waals surface area (Å²) in [6, 6.07) is 20.9. The van der Waals surface area contributed by atoms with Crippen molar-refractivity contribution in [2.24, 2.45) is 11.1 Å². The van der Waals surface area contributed by atoms with Crippen LogP contribution in [0.3, 0.4) is 0 Å². The Hall–Kier alpha value is -3.48. The largest absolute Gasteiger partial charge is 0.364 e. The van der Waals surface area contributed by atoms with Gasteiger partial charge in [0.2, 0.25) is 0 Å². The molecule has 1 aliphatic heterocycles. The topological polar surface area (TPSA) is 67.4 Å². The molecule has 6 heteroatoms. The number of carbonyl (C=O) groups is 1. The third-order valence-corrected chi connectivity index (χ3v) is 7.46. The summed E-state index contributed by atoms with van der Waals surface area (Å²) in [5.41, 5.74) is 11.5. The number of hydrogen-bond donors (Lipinski definition) is 1. The normalized spacial score (nSPS) is 20.9. The predicted octanol–water partition coefficient (Wildman–Crippen LogP) is 4.10. The average Bonchev–Trinajstić information content (AvgIpc) is 3.29. The molecule has 0 bridgehead atoms. The van der Waals surface area contributed by atoms with Gasteiger partial charge in [-0.2, -0.15) is 5.10 Å². The lowest BCUT2D eigenvalue weighted by Gasteiger charge is -2.41. The minimum atomic E-state index is -0.508. The number of amides is 1. The smallest absolute Gasteiger partial charge is 0.269 e. The summed E-state index contributed by atoms with van der Waals surface area (Å²) >= 11 is 0. The highest BCUT2D eigenvalue weighted by molar-refractivity contribution is 5.90. The molecule has 1 amide bonds. The first-order valence-corrected chi connectivity index (χ1v) is 12.7. The zero-order valence-corrected chi connectivity index (χ0v) is 21.2. The van der Waals surface area contributed by atoms with Crippen LogP contribution < -0.4 is 5.73 Å². The van der Waals surface area contributed by atoms with Gasteiger partial charge in [0.25, 0.3) is 5.91 Å². The molecular formula is C30H35N5O. The lowest BCUT2D eigenvalue weighted by molar-refractivity contribution is 0.0995. The lowest BCUT2D eigenvalue weighted by Crippen LogP contribution is -2.48. The van der Waals surface area contributed by atoms with Gasteiger partial charge in [-0.1, -0.05) is 60.7 Å². The molecule has 5 rings (SSSR count). The predicted molar refractivity (Wildman–Crippen MR) is 145 cm³/mol. The fourth-order valence-electron chi connectivity index (χ4n) is 5.33. The zero-order chi connectivity index (χ0) is 25.1. The SMILES string of the molecule is Cc1cc(C(N)=O)nn1-c1ccc(CC2(CN3CCN(C)CC3)C=CC(c3ccccc3)=CC2)cc1. The molecule has 186 valence electrons. The highest BCUT2D eigenvalue weighted by Gasteiger charge is 2.32. The Morgan fingerprint density at radius 3 is 2.36 bits per heavy atom. The van der Waals surface area contributed by atoms with Gasteiger partial charge in [-0.05, 0) is 61.7 Å². The molecular weight excluding hydrogens is 446 g/mol. The van der Waals surface area contributed by atoms with Crippen LogP contribution in [0.2, 0.25) is 0 Å². The number of primary amides is 1. The first kappa shape index (κ1) is 24.2. The van der Waals surface area contributed by atoms with Crippen molar-refractivity contribution in [2.45, 2.75) is 19.8 Å². The molecule has 1 aliphatic carbocycles. The molecule has 36 heavy (non-hydrogen) atoms. The van der Waals surface area contributed by atoms with E-state index in [1.165, 1.54) is 16.7 Å². The maximum atomic E-state index is 11.5. The number of benzene rings is 2. The molecule has 0 spiro atoms. The standard InChI is InChI=1S/C30H35N5O/c1-23-20-28(29(31)36)32-35(23)27-10-8-24(9-11-27)21-30(22-34-18-16-33(2)17-19-34)14-12-26(13-15-30)25-6-4-3-5-7-25/h3-14,20H,15-19,21-22H2,1-2H3,(H2,31,36). The van der Waals surface area contributed by atoms with Crippen LogP contribution >= 0.6 is 0 Å². The van der Waals surface area contributed by atoms with Crippen LogP contribution in [0.15, 0.2) is 78.9 Å². The summed E-state index contributed by atoms with van der Waals surface area (Å²) in [5, 5.41) is 4.37. The number of aryl methyl sites for hydroxylation is 1. The molecule has 0 saturated carbocycles. The summed E-state index contributed by atoms with van der Waals surface area (Å²) in [4.78, 5) is 16.6. The van der Waals surface area contributed by atoms with Crippen LogP contribution in [0.25, 0.3) is 11.3 Å². The van der Waals surface area contributed by atoms with Crippen LogP contribution in [-0.2, 0) is 6.42 Å². The summed E-state index contributed by atoms with van der Waals surface area (Å²) in [6.45, 7) is 7.45. The number of nitrogens with zero attached hydrogens (tertiary/aromatic N) is 4. The van der Waals surface area contributed by atoms with E-state index >= 15 is 0 Å². The highest BCUT2D eigenvalue weighted by Crippen LogP contribution is 2.37. The molecule has 6 nitrogen and oxygen atoms in total. The molecule has 1 fully saturated rings. The van der Waals surface area contributed by atoms with Crippen molar-refractivity contribution in [1.82, 2.24) is 19.6 Å². The monoisotopic (exact) mass is 481 g/mol. The first-order valence-electron chi connectivity index (χ1n) is 12.7. The first-order chi connectivity index (χ1) is 17.4. The summed E-state index contributed by atoms with van der Waals surface area (Å²) in [6.07, 6.45) is 9.18. The second-order valence-corrected chi connectivity index (χ2v) is 10.3. The van der Waals surface area contributed by atoms with E-state index in [0.29, 0.717) is 0 Å². The molecule has 2 N–H and O–H groups in total. The van der Waals surface area contributed by atoms with Crippen molar-refractivity contribution in [2.75, 3.05) is 39.8 Å². The number of aromatic nitrogens is 2. The number of rotatable bonds is 7. The number of hydrogen-bond acceptors (Lipinski definition) is 4. The van der Waals surface area contributed by atoms with Gasteiger partial charge in [0.1, 0.15) is 0 Å². The number of nitrogens with two attached hydrogens (primary N) is 1. The van der Waals surface area contributed by atoms with E-state index < -0.39 is 5.91 Å². The minimum Gasteiger partial charge on any atom is -0.364 e. The Kier molecular flexibility index (Phi) is 6.90. The molecule has 2 aromatic carbocycles. The van der Waals surface area contributed by atoms with E-state index in [2.05, 4.69) is 94.8 Å². The summed E-state index contributed by atoms with van der Waals surface area (Å²) < 4.78 is 1.78. The number of likely N-dealkylation sites (N-methyl/N-ethyl adjacent to an activating group) is 1. The third-order valence-electron chi connectivity index (χ3n) is 7.46. The number of piperazine rings is 1. The van der Waals surface area contributed by atoms with Gasteiger partial charge in [0, 0.05) is 43.8 Å². The maximum Gasteiger partial charge on any atom is 0.269 e. The van der Waals surface area contributed by atoms with E-state index in [-0.39, 0.29) is 11.1 Å². The quantitative estimate of drug-likeness (QED) is 0.552. The molecule has 1 unspecified atom stereocenters. The number of carbonyl (C=O) groups excluding carboxylic acids is 1. The van der Waals surface area contributed by atoms with Crippen LogP contribution in [0.4, 0.5) is 0 Å². The molecule has 2 heterocycles. The Balaban J connectivity index is 1.37. The fraction of sp³-hybridized carbons (Fsp3) is 0.333. The third kappa shape index (κ3) is 5.35. The van der Waals surface area contributed by atoms with Crippen molar-refractivity contribution < 1.29 is 4.79 Å². The molecule has 1 saturated heterocycles. The van der Waals surface area contributed by atoms with Crippen LogP contribution in [-0.4, -0.2) is 65.3 Å². The van der Waals surface area contributed by atoms with Crippen LogP contribution in [0.1, 0.15) is 33.7 Å². The Morgan fingerprint density at radius 2 is 1.75 bits per heavy atom. The molecule has 2 aliphatic rings. The van der Waals surface area contributed by atoms with E-state index in [4.69, 9.17) is 5.73 Å². The molecule has 3 aromatic rings. The van der Waals surface area contributed by atoms with Crippen molar-refractivity contribution in [3.8, 4) is 5.69 Å². The van der Waals surface area contributed by atoms with Crippen molar-refractivity contribution in [1.29, 1.82) is 0 Å². The number of allylic oxidation sites excluding steroid dienone is 3. The summed E-state index contributed by atoms with van der Waals surface area (Å²) in [5.74, 6) is -0.508. The van der Waals surface area contributed by atoms with Gasteiger partial charge in [0.15, 0.2) is 5.69 Å². The Bertz CT molecular complexity index is 1270.